The number of hydrogen-bond acceptors (Lipinski definition) is 2. The molecule has 1 aliphatic heterocycles. The topological polar surface area (TPSA) is 32.3 Å². The fourth-order valence-corrected chi connectivity index (χ4v) is 2.84. The van der Waals surface area contributed by atoms with E-state index in [0.717, 1.165) is 31.5 Å². The summed E-state index contributed by atoms with van der Waals surface area (Å²) in [6, 6.07) is 7.62. The van der Waals surface area contributed by atoms with Crippen molar-refractivity contribution in [1.82, 2.24) is 10.2 Å². The molecule has 0 radical (unpaired) electrons. The minimum absolute atomic E-state index is 0.211. The summed E-state index contributed by atoms with van der Waals surface area (Å²) in [5.41, 5.74) is 1.09. The number of nitrogens with zero attached hydrogens (tertiary/aromatic N) is 1. The minimum Gasteiger partial charge on any atom is -0.350 e. The van der Waals surface area contributed by atoms with Gasteiger partial charge in [0, 0.05) is 18.1 Å². The number of carbonyl (C=O) groups is 1. The van der Waals surface area contributed by atoms with Gasteiger partial charge < -0.3 is 5.32 Å². The quantitative estimate of drug-likeness (QED) is 0.906. The van der Waals surface area contributed by atoms with Gasteiger partial charge in [0.05, 0.1) is 12.5 Å². The maximum absolute atomic E-state index is 12.1. The van der Waals surface area contributed by atoms with E-state index in [1.54, 1.807) is 0 Å². The Hall–Kier alpha value is -1.20. The van der Waals surface area contributed by atoms with Crippen molar-refractivity contribution < 1.29 is 13.6 Å². The van der Waals surface area contributed by atoms with Crippen molar-refractivity contribution in [3.63, 3.8) is 0 Å². The smallest absolute Gasteiger partial charge is 0.255 e. The number of nitrogens with one attached hydrogen (secondary N) is 1. The summed E-state index contributed by atoms with van der Waals surface area (Å²) >= 11 is 5.96. The van der Waals surface area contributed by atoms with E-state index in [1.165, 1.54) is 0 Å². The van der Waals surface area contributed by atoms with Crippen LogP contribution in [-0.2, 0) is 11.3 Å². The van der Waals surface area contributed by atoms with E-state index in [4.69, 9.17) is 11.6 Å². The fourth-order valence-electron chi connectivity index (χ4n) is 2.63. The molecule has 1 atom stereocenters. The second kappa shape index (κ2) is 7.71. The van der Waals surface area contributed by atoms with Gasteiger partial charge in [-0.15, -0.1) is 0 Å². The van der Waals surface area contributed by atoms with Gasteiger partial charge in [0.25, 0.3) is 6.43 Å². The average molecular weight is 317 g/mol. The van der Waals surface area contributed by atoms with Crippen molar-refractivity contribution in [1.29, 1.82) is 0 Å². The van der Waals surface area contributed by atoms with Gasteiger partial charge in [0.1, 0.15) is 0 Å². The lowest BCUT2D eigenvalue weighted by atomic mass is 9.96. The molecule has 1 fully saturated rings. The van der Waals surface area contributed by atoms with E-state index in [0.29, 0.717) is 11.6 Å². The van der Waals surface area contributed by atoms with E-state index in [2.05, 4.69) is 10.2 Å². The molecule has 1 aromatic carbocycles. The van der Waals surface area contributed by atoms with E-state index >= 15 is 0 Å². The van der Waals surface area contributed by atoms with E-state index in [9.17, 15) is 13.6 Å². The molecule has 1 N–H and O–H groups in total. The fraction of sp³-hybridized carbons (Fsp3) is 0.533. The molecule has 1 aliphatic rings. The molecule has 0 spiro atoms. The molecule has 1 heterocycles. The Morgan fingerprint density at radius 1 is 1.48 bits per heavy atom. The first kappa shape index (κ1) is 16.2. The predicted octanol–water partition coefficient (Wildman–Crippen LogP) is 2.93. The van der Waals surface area contributed by atoms with Crippen LogP contribution in [0.3, 0.4) is 0 Å². The number of hydrogen-bond donors (Lipinski definition) is 1. The molecule has 2 rings (SSSR count). The Labute approximate surface area is 128 Å². The average Bonchev–Trinajstić information content (AvgIpc) is 2.45. The van der Waals surface area contributed by atoms with Crippen LogP contribution in [0, 0.1) is 5.92 Å². The zero-order valence-electron chi connectivity index (χ0n) is 11.7. The number of likely N-dealkylation sites (tertiary alicyclic amines) is 1. The third-order valence-corrected chi connectivity index (χ3v) is 3.84. The number of rotatable bonds is 5. The Bertz CT molecular complexity index is 484. The number of benzene rings is 1. The number of alkyl halides is 2. The molecule has 0 aromatic heterocycles. The molecule has 3 nitrogen and oxygen atoms in total. The Kier molecular flexibility index (Phi) is 5.94. The highest BCUT2D eigenvalue weighted by Gasteiger charge is 2.26. The molecule has 1 unspecified atom stereocenters. The van der Waals surface area contributed by atoms with Crippen LogP contribution in [0.15, 0.2) is 24.3 Å². The van der Waals surface area contributed by atoms with Crippen LogP contribution in [-0.4, -0.2) is 36.9 Å². The van der Waals surface area contributed by atoms with E-state index < -0.39 is 13.0 Å². The Balaban J connectivity index is 1.87. The van der Waals surface area contributed by atoms with Crippen LogP contribution in [0.2, 0.25) is 5.02 Å². The zero-order valence-corrected chi connectivity index (χ0v) is 12.5. The van der Waals surface area contributed by atoms with Crippen LogP contribution < -0.4 is 5.32 Å². The number of amides is 1. The van der Waals surface area contributed by atoms with Crippen LogP contribution >= 0.6 is 11.6 Å². The molecule has 0 bridgehead atoms. The predicted molar refractivity (Wildman–Crippen MR) is 78.5 cm³/mol. The first-order valence-corrected chi connectivity index (χ1v) is 7.45. The van der Waals surface area contributed by atoms with Crippen molar-refractivity contribution >= 4 is 17.5 Å². The number of piperidine rings is 1. The molecule has 1 amide bonds. The molecular weight excluding hydrogens is 298 g/mol. The summed E-state index contributed by atoms with van der Waals surface area (Å²) in [6.45, 7) is 1.66. The number of halogens is 3. The lowest BCUT2D eigenvalue weighted by molar-refractivity contribution is -0.127. The zero-order chi connectivity index (χ0) is 15.2. The lowest BCUT2D eigenvalue weighted by Gasteiger charge is -2.32. The summed E-state index contributed by atoms with van der Waals surface area (Å²) in [5, 5.41) is 3.00. The highest BCUT2D eigenvalue weighted by molar-refractivity contribution is 6.30. The van der Waals surface area contributed by atoms with Gasteiger partial charge in [-0.25, -0.2) is 8.78 Å². The van der Waals surface area contributed by atoms with Gasteiger partial charge >= 0.3 is 0 Å². The molecule has 21 heavy (non-hydrogen) atoms. The summed E-state index contributed by atoms with van der Waals surface area (Å²) in [6.07, 6.45) is -0.853. The maximum atomic E-state index is 12.1. The van der Waals surface area contributed by atoms with Crippen LogP contribution in [0.1, 0.15) is 18.4 Å². The maximum Gasteiger partial charge on any atom is 0.255 e. The van der Waals surface area contributed by atoms with Gasteiger partial charge in [-0.3, -0.25) is 9.69 Å². The highest BCUT2D eigenvalue weighted by Crippen LogP contribution is 2.20. The van der Waals surface area contributed by atoms with Crippen LogP contribution in [0.25, 0.3) is 0 Å². The first-order chi connectivity index (χ1) is 10.0. The SMILES string of the molecule is O=C(NCC(F)F)C1CCCN(Cc2cccc(Cl)c2)C1. The summed E-state index contributed by atoms with van der Waals surface area (Å²) < 4.78 is 24.3. The summed E-state index contributed by atoms with van der Waals surface area (Å²) in [5.74, 6) is -0.484. The van der Waals surface area contributed by atoms with Crippen molar-refractivity contribution in [2.24, 2.45) is 5.92 Å². The third kappa shape index (κ3) is 5.25. The van der Waals surface area contributed by atoms with E-state index in [1.807, 2.05) is 24.3 Å². The van der Waals surface area contributed by atoms with Gasteiger partial charge in [-0.05, 0) is 37.1 Å². The van der Waals surface area contributed by atoms with Crippen LogP contribution in [0.4, 0.5) is 8.78 Å². The van der Waals surface area contributed by atoms with Crippen molar-refractivity contribution in [3.05, 3.63) is 34.9 Å². The molecular formula is C15H19ClF2N2O. The molecule has 1 saturated heterocycles. The van der Waals surface area contributed by atoms with Crippen molar-refractivity contribution in [2.45, 2.75) is 25.8 Å². The van der Waals surface area contributed by atoms with Gasteiger partial charge in [0.2, 0.25) is 5.91 Å². The van der Waals surface area contributed by atoms with Crippen molar-refractivity contribution in [3.8, 4) is 0 Å². The largest absolute Gasteiger partial charge is 0.350 e. The monoisotopic (exact) mass is 316 g/mol. The van der Waals surface area contributed by atoms with Gasteiger partial charge in [-0.2, -0.15) is 0 Å². The van der Waals surface area contributed by atoms with Gasteiger partial charge in [-0.1, -0.05) is 23.7 Å². The van der Waals surface area contributed by atoms with Gasteiger partial charge in [0.15, 0.2) is 0 Å². The van der Waals surface area contributed by atoms with E-state index in [-0.39, 0.29) is 11.8 Å². The van der Waals surface area contributed by atoms with Crippen molar-refractivity contribution in [2.75, 3.05) is 19.6 Å². The normalized spacial score (nSPS) is 19.7. The third-order valence-electron chi connectivity index (χ3n) is 3.60. The second-order valence-corrected chi connectivity index (χ2v) is 5.78. The van der Waals surface area contributed by atoms with Crippen LogP contribution in [0.5, 0.6) is 0 Å². The standard InChI is InChI=1S/C15H19ClF2N2O/c16-13-5-1-3-11(7-13)9-20-6-2-4-12(10-20)15(21)19-8-14(17)18/h1,3,5,7,12,14H,2,4,6,8-10H2,(H,19,21). The molecule has 1 aromatic rings. The Morgan fingerprint density at radius 3 is 3.00 bits per heavy atom. The molecule has 6 heteroatoms. The molecule has 0 aliphatic carbocycles. The Morgan fingerprint density at radius 2 is 2.29 bits per heavy atom. The summed E-state index contributed by atoms with van der Waals surface area (Å²) in [4.78, 5) is 14.0. The second-order valence-electron chi connectivity index (χ2n) is 5.34. The molecule has 0 saturated carbocycles. The minimum atomic E-state index is -2.50. The highest BCUT2D eigenvalue weighted by atomic mass is 35.5. The summed E-state index contributed by atoms with van der Waals surface area (Å²) in [7, 11) is 0. The first-order valence-electron chi connectivity index (χ1n) is 7.07. The lowest BCUT2D eigenvalue weighted by Crippen LogP contribution is -2.43. The number of carbonyl (C=O) groups excluding carboxylic acids is 1. The molecule has 116 valence electrons.